The molecule has 7 nitrogen and oxygen atoms in total. The molecule has 3 heterocycles. The summed E-state index contributed by atoms with van der Waals surface area (Å²) in [6.45, 7) is 10.6. The molecule has 2 aromatic heterocycles. The van der Waals surface area contributed by atoms with Gasteiger partial charge in [-0.3, -0.25) is 14.5 Å². The molecule has 0 spiro atoms. The summed E-state index contributed by atoms with van der Waals surface area (Å²) in [5, 5.41) is 7.95. The lowest BCUT2D eigenvalue weighted by molar-refractivity contribution is -0.115. The van der Waals surface area contributed by atoms with Crippen molar-refractivity contribution in [2.45, 2.75) is 52.9 Å². The lowest BCUT2D eigenvalue weighted by atomic mass is 10.2. The first-order valence-corrected chi connectivity index (χ1v) is 11.5. The standard InChI is InChI=1S/C20H28N4O3S2/c1-5-16-12(2)6-17(29-16)19(26)21-7-18(25)23-20-22-15(11-28-20)10-24-8-13(3)27-14(4)9-24/h6,11,13-14H,5,7-10H2,1-4H3,(H,21,26)(H,22,23,25). The molecule has 1 saturated heterocycles. The van der Waals surface area contributed by atoms with Crippen molar-refractivity contribution >= 4 is 39.6 Å². The number of amides is 2. The molecule has 1 aliphatic rings. The minimum absolute atomic E-state index is 0.0787. The largest absolute Gasteiger partial charge is 0.373 e. The second-order valence-electron chi connectivity index (χ2n) is 7.40. The van der Waals surface area contributed by atoms with Crippen LogP contribution in [0.1, 0.15) is 46.6 Å². The Morgan fingerprint density at radius 2 is 2.03 bits per heavy atom. The smallest absolute Gasteiger partial charge is 0.261 e. The highest BCUT2D eigenvalue weighted by atomic mass is 32.1. The molecule has 1 aliphatic heterocycles. The molecule has 3 rings (SSSR count). The van der Waals surface area contributed by atoms with Crippen molar-refractivity contribution in [2.24, 2.45) is 0 Å². The van der Waals surface area contributed by atoms with Crippen LogP contribution < -0.4 is 10.6 Å². The maximum absolute atomic E-state index is 12.3. The van der Waals surface area contributed by atoms with E-state index in [1.54, 1.807) is 0 Å². The third kappa shape index (κ3) is 6.08. The van der Waals surface area contributed by atoms with Crippen molar-refractivity contribution in [3.8, 4) is 0 Å². The predicted octanol–water partition coefficient (Wildman–Crippen LogP) is 3.05. The molecule has 0 aromatic carbocycles. The number of hydrogen-bond acceptors (Lipinski definition) is 7. The molecule has 1 fully saturated rings. The van der Waals surface area contributed by atoms with Crippen LogP contribution in [0.5, 0.6) is 0 Å². The van der Waals surface area contributed by atoms with Crippen molar-refractivity contribution in [3.63, 3.8) is 0 Å². The maximum atomic E-state index is 12.3. The van der Waals surface area contributed by atoms with E-state index in [9.17, 15) is 9.59 Å². The van der Waals surface area contributed by atoms with Gasteiger partial charge in [0.2, 0.25) is 5.91 Å². The Hall–Kier alpha value is -1.81. The zero-order valence-corrected chi connectivity index (χ0v) is 18.9. The Balaban J connectivity index is 1.46. The molecule has 0 bridgehead atoms. The second kappa shape index (κ2) is 9.80. The van der Waals surface area contributed by atoms with Crippen molar-refractivity contribution in [2.75, 3.05) is 25.0 Å². The number of nitrogens with one attached hydrogen (secondary N) is 2. The molecule has 9 heteroatoms. The summed E-state index contributed by atoms with van der Waals surface area (Å²) in [6.07, 6.45) is 1.32. The van der Waals surface area contributed by atoms with Gasteiger partial charge in [0.25, 0.3) is 5.91 Å². The van der Waals surface area contributed by atoms with Gasteiger partial charge >= 0.3 is 0 Å². The zero-order valence-electron chi connectivity index (χ0n) is 17.3. The molecule has 2 N–H and O–H groups in total. The number of anilines is 1. The van der Waals surface area contributed by atoms with Crippen LogP contribution in [0.3, 0.4) is 0 Å². The van der Waals surface area contributed by atoms with Crippen LogP contribution in [-0.4, -0.2) is 53.5 Å². The second-order valence-corrected chi connectivity index (χ2v) is 9.39. The van der Waals surface area contributed by atoms with Crippen LogP contribution in [0.4, 0.5) is 5.13 Å². The lowest BCUT2D eigenvalue weighted by Crippen LogP contribution is -2.44. The third-order valence-electron chi connectivity index (χ3n) is 4.65. The fourth-order valence-corrected chi connectivity index (χ4v) is 5.22. The van der Waals surface area contributed by atoms with Crippen LogP contribution in [0, 0.1) is 6.92 Å². The Morgan fingerprint density at radius 1 is 1.31 bits per heavy atom. The maximum Gasteiger partial charge on any atom is 0.261 e. The number of carbonyl (C=O) groups excluding carboxylic acids is 2. The Bertz CT molecular complexity index is 854. The van der Waals surface area contributed by atoms with Gasteiger partial charge in [-0.05, 0) is 38.8 Å². The van der Waals surface area contributed by atoms with Gasteiger partial charge in [0.15, 0.2) is 5.13 Å². The molecule has 0 radical (unpaired) electrons. The van der Waals surface area contributed by atoms with Crippen LogP contribution in [-0.2, 0) is 22.5 Å². The summed E-state index contributed by atoms with van der Waals surface area (Å²) in [5.74, 6) is -0.500. The van der Waals surface area contributed by atoms with Crippen LogP contribution in [0.15, 0.2) is 11.4 Å². The van der Waals surface area contributed by atoms with Gasteiger partial charge in [0.1, 0.15) is 0 Å². The lowest BCUT2D eigenvalue weighted by Gasteiger charge is -2.34. The zero-order chi connectivity index (χ0) is 21.0. The molecule has 29 heavy (non-hydrogen) atoms. The summed E-state index contributed by atoms with van der Waals surface area (Å²) in [7, 11) is 0. The summed E-state index contributed by atoms with van der Waals surface area (Å²) in [4.78, 5) is 33.1. The van der Waals surface area contributed by atoms with Gasteiger partial charge in [-0.25, -0.2) is 4.98 Å². The fourth-order valence-electron chi connectivity index (χ4n) is 3.47. The summed E-state index contributed by atoms with van der Waals surface area (Å²) < 4.78 is 5.75. The van der Waals surface area contributed by atoms with Gasteiger partial charge in [0, 0.05) is 29.9 Å². The number of morpholine rings is 1. The van der Waals surface area contributed by atoms with Crippen LogP contribution in [0.25, 0.3) is 0 Å². The summed E-state index contributed by atoms with van der Waals surface area (Å²) in [5.41, 5.74) is 2.04. The molecule has 2 atom stereocenters. The van der Waals surface area contributed by atoms with E-state index in [1.807, 2.05) is 18.4 Å². The number of hydrogen-bond donors (Lipinski definition) is 2. The number of rotatable bonds is 7. The molecule has 2 aromatic rings. The molecule has 158 valence electrons. The van der Waals surface area contributed by atoms with Crippen molar-refractivity contribution in [1.82, 2.24) is 15.2 Å². The monoisotopic (exact) mass is 436 g/mol. The number of ether oxygens (including phenoxy) is 1. The number of carbonyl (C=O) groups is 2. The normalized spacial score (nSPS) is 19.9. The average molecular weight is 437 g/mol. The van der Waals surface area contributed by atoms with Gasteiger partial charge in [-0.2, -0.15) is 0 Å². The molecular formula is C20H28N4O3S2. The average Bonchev–Trinajstić information content (AvgIpc) is 3.24. The van der Waals surface area contributed by atoms with E-state index in [1.165, 1.54) is 27.6 Å². The van der Waals surface area contributed by atoms with E-state index < -0.39 is 0 Å². The van der Waals surface area contributed by atoms with Crippen molar-refractivity contribution < 1.29 is 14.3 Å². The molecule has 0 saturated carbocycles. The molecule has 2 amide bonds. The Morgan fingerprint density at radius 3 is 2.69 bits per heavy atom. The topological polar surface area (TPSA) is 83.6 Å². The first-order valence-electron chi connectivity index (χ1n) is 9.83. The number of thiophene rings is 1. The highest BCUT2D eigenvalue weighted by Crippen LogP contribution is 2.22. The number of thiazole rings is 1. The summed E-state index contributed by atoms with van der Waals surface area (Å²) >= 11 is 2.87. The molecule has 2 unspecified atom stereocenters. The number of aromatic nitrogens is 1. The van der Waals surface area contributed by atoms with Gasteiger partial charge in [0.05, 0.1) is 29.3 Å². The van der Waals surface area contributed by atoms with E-state index in [4.69, 9.17) is 4.74 Å². The van der Waals surface area contributed by atoms with E-state index in [0.717, 1.165) is 37.3 Å². The van der Waals surface area contributed by atoms with Crippen molar-refractivity contribution in [1.29, 1.82) is 0 Å². The van der Waals surface area contributed by atoms with Gasteiger partial charge in [-0.1, -0.05) is 6.92 Å². The van der Waals surface area contributed by atoms with E-state index in [-0.39, 0.29) is 30.6 Å². The number of nitrogens with zero attached hydrogens (tertiary/aromatic N) is 2. The first-order chi connectivity index (χ1) is 13.8. The SMILES string of the molecule is CCc1sc(C(=O)NCC(=O)Nc2nc(CN3CC(C)OC(C)C3)cs2)cc1C. The quantitative estimate of drug-likeness (QED) is 0.697. The highest BCUT2D eigenvalue weighted by molar-refractivity contribution is 7.14. The van der Waals surface area contributed by atoms with E-state index in [0.29, 0.717) is 10.0 Å². The summed E-state index contributed by atoms with van der Waals surface area (Å²) in [6, 6.07) is 1.87. The van der Waals surface area contributed by atoms with E-state index in [2.05, 4.69) is 41.3 Å². The highest BCUT2D eigenvalue weighted by Gasteiger charge is 2.23. The van der Waals surface area contributed by atoms with Gasteiger partial charge in [-0.15, -0.1) is 22.7 Å². The third-order valence-corrected chi connectivity index (χ3v) is 6.84. The minimum atomic E-state index is -0.281. The Labute approximate surface area is 179 Å². The van der Waals surface area contributed by atoms with Crippen molar-refractivity contribution in [3.05, 3.63) is 32.5 Å². The fraction of sp³-hybridized carbons (Fsp3) is 0.550. The first kappa shape index (κ1) is 21.9. The Kier molecular flexibility index (Phi) is 7.39. The van der Waals surface area contributed by atoms with E-state index >= 15 is 0 Å². The predicted molar refractivity (Wildman–Crippen MR) is 117 cm³/mol. The number of aryl methyl sites for hydroxylation is 2. The minimum Gasteiger partial charge on any atom is -0.373 e. The van der Waals surface area contributed by atoms with Crippen LogP contribution in [0.2, 0.25) is 0 Å². The van der Waals surface area contributed by atoms with Crippen LogP contribution >= 0.6 is 22.7 Å². The molecular weight excluding hydrogens is 408 g/mol. The molecule has 0 aliphatic carbocycles. The van der Waals surface area contributed by atoms with Gasteiger partial charge < -0.3 is 15.4 Å².